The third kappa shape index (κ3) is 4.09. The first-order chi connectivity index (χ1) is 19.8. The number of aromatic nitrogens is 4. The number of anilines is 1. The van der Waals surface area contributed by atoms with Gasteiger partial charge in [0.05, 0.1) is 23.9 Å². The highest BCUT2D eigenvalue weighted by molar-refractivity contribution is 6.00. The number of fused-ring (bicyclic) bond motifs is 3. The van der Waals surface area contributed by atoms with E-state index in [1.165, 1.54) is 0 Å². The zero-order chi connectivity index (χ0) is 27.9. The van der Waals surface area contributed by atoms with Crippen molar-refractivity contribution in [3.63, 3.8) is 0 Å². The summed E-state index contributed by atoms with van der Waals surface area (Å²) >= 11 is 0. The number of pyridine rings is 2. The molecule has 0 N–H and O–H groups in total. The number of hydrogen-bond acceptors (Lipinski definition) is 7. The van der Waals surface area contributed by atoms with Gasteiger partial charge in [0.15, 0.2) is 5.82 Å². The summed E-state index contributed by atoms with van der Waals surface area (Å²) < 4.78 is 25.9. The van der Waals surface area contributed by atoms with Crippen LogP contribution in [0.5, 0.6) is 5.88 Å². The van der Waals surface area contributed by atoms with Crippen molar-refractivity contribution >= 4 is 11.6 Å². The fourth-order valence-electron chi connectivity index (χ4n) is 8.09. The molecule has 8 nitrogen and oxygen atoms in total. The van der Waals surface area contributed by atoms with E-state index in [9.17, 15) is 9.18 Å². The van der Waals surface area contributed by atoms with Crippen molar-refractivity contribution < 1.29 is 18.4 Å². The third-order valence-corrected chi connectivity index (χ3v) is 10.8. The van der Waals surface area contributed by atoms with Crippen molar-refractivity contribution in [1.82, 2.24) is 20.1 Å². The van der Waals surface area contributed by atoms with Crippen LogP contribution in [0.25, 0.3) is 11.1 Å². The third-order valence-electron chi connectivity index (χ3n) is 10.8. The van der Waals surface area contributed by atoms with Crippen molar-refractivity contribution in [2.45, 2.75) is 94.6 Å². The molecule has 9 heteroatoms. The lowest BCUT2D eigenvalue weighted by Gasteiger charge is -2.65. The number of nitrogens with zero attached hydrogens (tertiary/aromatic N) is 5. The molecule has 0 saturated heterocycles. The monoisotopic (exact) mass is 557 g/mol. The van der Waals surface area contributed by atoms with Gasteiger partial charge >= 0.3 is 0 Å². The average Bonchev–Trinajstić information content (AvgIpc) is 3.70. The highest BCUT2D eigenvalue weighted by Gasteiger charge is 2.73. The molecule has 0 aliphatic heterocycles. The molecular formula is C32H36FN5O3. The summed E-state index contributed by atoms with van der Waals surface area (Å²) in [4.78, 5) is 29.9. The van der Waals surface area contributed by atoms with E-state index in [4.69, 9.17) is 14.2 Å². The molecule has 0 aromatic carbocycles. The Balaban J connectivity index is 1.06. The predicted octanol–water partition coefficient (Wildman–Crippen LogP) is 6.32. The zero-order valence-electron chi connectivity index (χ0n) is 23.6. The Kier molecular flexibility index (Phi) is 5.46. The predicted molar refractivity (Wildman–Crippen MR) is 149 cm³/mol. The molecule has 7 aliphatic carbocycles. The molecule has 0 unspecified atom stereocenters. The maximum Gasteiger partial charge on any atom is 0.233 e. The quantitative estimate of drug-likeness (QED) is 0.304. The average molecular weight is 558 g/mol. The number of halogens is 1. The van der Waals surface area contributed by atoms with Gasteiger partial charge in [0.2, 0.25) is 17.7 Å². The minimum Gasteiger partial charge on any atom is -0.478 e. The van der Waals surface area contributed by atoms with E-state index in [2.05, 4.69) is 15.1 Å². The van der Waals surface area contributed by atoms with Gasteiger partial charge in [-0.15, -0.1) is 0 Å². The fraction of sp³-hybridized carbons (Fsp3) is 0.594. The lowest BCUT2D eigenvalue weighted by Crippen LogP contribution is -2.71. The first-order valence-corrected chi connectivity index (χ1v) is 15.2. The number of carbonyl (C=O) groups is 1. The summed E-state index contributed by atoms with van der Waals surface area (Å²) in [6.45, 7) is 3.12. The van der Waals surface area contributed by atoms with Gasteiger partial charge in [-0.25, -0.2) is 9.37 Å². The molecular weight excluding hydrogens is 521 g/mol. The normalized spacial score (nSPS) is 33.1. The van der Waals surface area contributed by atoms with Crippen LogP contribution in [-0.2, 0) is 10.2 Å². The van der Waals surface area contributed by atoms with Gasteiger partial charge in [-0.05, 0) is 95.1 Å². The number of hydrogen-bond donors (Lipinski definition) is 0. The molecule has 7 aliphatic rings. The Bertz CT molecular complexity index is 1450. The summed E-state index contributed by atoms with van der Waals surface area (Å²) in [6.07, 6.45) is 14.7. The molecule has 0 spiro atoms. The van der Waals surface area contributed by atoms with Crippen LogP contribution in [-0.4, -0.2) is 44.8 Å². The standard InChI is InChI=1S/C32H36FN5O3/c1-2-40-25-6-5-22(15-35-25)23-13-24(16-34-14-23)38(28(39)31-17-32(33,18-31)19-31)20-29-7-10-30(11-8-29,12-9-29)27-36-26(37-41-27)21-3-4-21/h5-6,13-16,21H,2-4,7-12,17-20H2,1H3. The van der Waals surface area contributed by atoms with Crippen LogP contribution in [0.4, 0.5) is 10.1 Å². The maximum atomic E-state index is 14.6. The molecule has 3 aromatic heterocycles. The Morgan fingerprint density at radius 3 is 2.44 bits per heavy atom. The van der Waals surface area contributed by atoms with Gasteiger partial charge < -0.3 is 14.2 Å². The SMILES string of the molecule is CCOc1ccc(-c2cncc(N(CC34CCC(c5nc(C6CC6)no5)(CC3)CC4)C(=O)C34CC(F)(C3)C4)c2)cn1. The minimum atomic E-state index is -1.13. The molecule has 0 atom stereocenters. The molecule has 1 amide bonds. The van der Waals surface area contributed by atoms with Gasteiger partial charge in [0, 0.05) is 47.5 Å². The lowest BCUT2D eigenvalue weighted by molar-refractivity contribution is -0.211. The number of alkyl halides is 1. The Morgan fingerprint density at radius 1 is 1.05 bits per heavy atom. The van der Waals surface area contributed by atoms with Gasteiger partial charge in [0.25, 0.3) is 0 Å². The molecule has 3 aromatic rings. The first kappa shape index (κ1) is 25.4. The Labute approximate surface area is 239 Å². The topological polar surface area (TPSA) is 94.2 Å². The van der Waals surface area contributed by atoms with Crippen molar-refractivity contribution in [3.05, 3.63) is 48.5 Å². The van der Waals surface area contributed by atoms with Gasteiger partial charge in [-0.1, -0.05) is 5.16 Å². The van der Waals surface area contributed by atoms with E-state index < -0.39 is 11.1 Å². The van der Waals surface area contributed by atoms with E-state index in [1.54, 1.807) is 18.6 Å². The largest absolute Gasteiger partial charge is 0.478 e. The van der Waals surface area contributed by atoms with Crippen LogP contribution in [0.1, 0.15) is 95.2 Å². The molecule has 3 heterocycles. The number of rotatable bonds is 9. The van der Waals surface area contributed by atoms with Gasteiger partial charge in [0.1, 0.15) is 5.67 Å². The Hall–Kier alpha value is -3.36. The van der Waals surface area contributed by atoms with Gasteiger partial charge in [-0.2, -0.15) is 4.98 Å². The van der Waals surface area contributed by atoms with Crippen LogP contribution < -0.4 is 9.64 Å². The second-order valence-electron chi connectivity index (χ2n) is 13.6. The highest BCUT2D eigenvalue weighted by atomic mass is 19.1. The van der Waals surface area contributed by atoms with Crippen molar-refractivity contribution in [3.8, 4) is 17.0 Å². The van der Waals surface area contributed by atoms with Crippen LogP contribution >= 0.6 is 0 Å². The fourth-order valence-corrected chi connectivity index (χ4v) is 8.09. The van der Waals surface area contributed by atoms with Crippen LogP contribution in [0.3, 0.4) is 0 Å². The number of ether oxygens (including phenoxy) is 1. The molecule has 214 valence electrons. The molecule has 4 bridgehead atoms. The molecule has 0 radical (unpaired) electrons. The van der Waals surface area contributed by atoms with Crippen LogP contribution in [0.15, 0.2) is 41.3 Å². The lowest BCUT2D eigenvalue weighted by atomic mass is 9.41. The molecule has 41 heavy (non-hydrogen) atoms. The highest BCUT2D eigenvalue weighted by Crippen LogP contribution is 2.70. The smallest absolute Gasteiger partial charge is 0.233 e. The van der Waals surface area contributed by atoms with Crippen molar-refractivity contribution in [2.75, 3.05) is 18.1 Å². The summed E-state index contributed by atoms with van der Waals surface area (Å²) in [5.41, 5.74) is 0.873. The maximum absolute atomic E-state index is 14.6. The van der Waals surface area contributed by atoms with Crippen LogP contribution in [0.2, 0.25) is 0 Å². The second kappa shape index (κ2) is 8.82. The number of amides is 1. The summed E-state index contributed by atoms with van der Waals surface area (Å²) in [7, 11) is 0. The molecule has 7 saturated carbocycles. The zero-order valence-corrected chi connectivity index (χ0v) is 23.6. The van der Waals surface area contributed by atoms with E-state index in [-0.39, 0.29) is 16.7 Å². The van der Waals surface area contributed by atoms with Crippen LogP contribution in [0, 0.1) is 10.8 Å². The van der Waals surface area contributed by atoms with Gasteiger partial charge in [-0.3, -0.25) is 9.78 Å². The van der Waals surface area contributed by atoms with E-state index in [0.29, 0.717) is 44.2 Å². The summed E-state index contributed by atoms with van der Waals surface area (Å²) in [5, 5.41) is 4.30. The van der Waals surface area contributed by atoms with E-state index in [1.807, 2.05) is 30.0 Å². The minimum absolute atomic E-state index is 0.0182. The van der Waals surface area contributed by atoms with E-state index >= 15 is 0 Å². The first-order valence-electron chi connectivity index (χ1n) is 15.2. The second-order valence-corrected chi connectivity index (χ2v) is 13.6. The summed E-state index contributed by atoms with van der Waals surface area (Å²) in [5.74, 6) is 2.83. The molecule has 7 fully saturated rings. The van der Waals surface area contributed by atoms with E-state index in [0.717, 1.165) is 79.9 Å². The van der Waals surface area contributed by atoms with Crippen molar-refractivity contribution in [1.29, 1.82) is 0 Å². The number of carbonyl (C=O) groups excluding carboxylic acids is 1. The molecule has 10 rings (SSSR count). The Morgan fingerprint density at radius 2 is 1.80 bits per heavy atom. The summed E-state index contributed by atoms with van der Waals surface area (Å²) in [6, 6.07) is 5.85. The van der Waals surface area contributed by atoms with Crippen molar-refractivity contribution in [2.24, 2.45) is 10.8 Å².